The van der Waals surface area contributed by atoms with E-state index in [-0.39, 0.29) is 30.2 Å². The Labute approximate surface area is 180 Å². The molecule has 1 aromatic rings. The molecule has 3 rings (SSSR count). The van der Waals surface area contributed by atoms with Crippen molar-refractivity contribution in [1.29, 1.82) is 0 Å². The molecule has 9 heteroatoms. The summed E-state index contributed by atoms with van der Waals surface area (Å²) >= 11 is 5.32. The number of hydrogen-bond acceptors (Lipinski definition) is 6. The summed E-state index contributed by atoms with van der Waals surface area (Å²) in [4.78, 5) is 38.3. The third-order valence-corrected chi connectivity index (χ3v) is 5.20. The average Bonchev–Trinajstić information content (AvgIpc) is 3.26. The quantitative estimate of drug-likeness (QED) is 0.394. The molecule has 2 amide bonds. The molecule has 0 bridgehead atoms. The third kappa shape index (κ3) is 6.36. The summed E-state index contributed by atoms with van der Waals surface area (Å²) < 4.78 is 10.7. The van der Waals surface area contributed by atoms with Crippen LogP contribution < -0.4 is 10.6 Å². The average molecular weight is 432 g/mol. The fraction of sp³-hybridized carbons (Fsp3) is 0.429. The Kier molecular flexibility index (Phi) is 7.92. The topological polar surface area (TPSA) is 97.0 Å². The van der Waals surface area contributed by atoms with Crippen molar-refractivity contribution < 1.29 is 23.9 Å². The Morgan fingerprint density at radius 3 is 2.87 bits per heavy atom. The van der Waals surface area contributed by atoms with Crippen LogP contribution in [0.15, 0.2) is 36.4 Å². The van der Waals surface area contributed by atoms with Crippen molar-refractivity contribution in [2.75, 3.05) is 26.3 Å². The number of esters is 1. The van der Waals surface area contributed by atoms with Gasteiger partial charge in [-0.1, -0.05) is 30.3 Å². The molecule has 2 heterocycles. The lowest BCUT2D eigenvalue weighted by Gasteiger charge is -2.36. The van der Waals surface area contributed by atoms with E-state index in [0.29, 0.717) is 19.7 Å². The van der Waals surface area contributed by atoms with E-state index in [2.05, 4.69) is 10.6 Å². The smallest absolute Gasteiger partial charge is 0.308 e. The lowest BCUT2D eigenvalue weighted by molar-refractivity contribution is -0.150. The fourth-order valence-electron chi connectivity index (χ4n) is 3.29. The second-order valence-corrected chi connectivity index (χ2v) is 7.45. The summed E-state index contributed by atoms with van der Waals surface area (Å²) in [6.07, 6.45) is 4.61. The van der Waals surface area contributed by atoms with E-state index in [1.165, 1.54) is 6.08 Å². The van der Waals surface area contributed by atoms with Gasteiger partial charge in [0.05, 0.1) is 12.5 Å². The molecule has 30 heavy (non-hydrogen) atoms. The van der Waals surface area contributed by atoms with Crippen molar-refractivity contribution in [2.45, 2.75) is 31.4 Å². The number of ether oxygens (including phenoxy) is 2. The van der Waals surface area contributed by atoms with Gasteiger partial charge in [-0.2, -0.15) is 0 Å². The minimum Gasteiger partial charge on any atom is -0.463 e. The number of nitrogens with zero attached hydrogens (tertiary/aromatic N) is 1. The van der Waals surface area contributed by atoms with Gasteiger partial charge in [0, 0.05) is 25.8 Å². The van der Waals surface area contributed by atoms with Crippen LogP contribution in [-0.4, -0.2) is 66.2 Å². The Morgan fingerprint density at radius 1 is 1.33 bits per heavy atom. The molecule has 1 aromatic carbocycles. The molecule has 8 nitrogen and oxygen atoms in total. The summed E-state index contributed by atoms with van der Waals surface area (Å²) in [6.45, 7) is 1.61. The van der Waals surface area contributed by atoms with Gasteiger partial charge in [-0.25, -0.2) is 0 Å². The molecule has 2 saturated heterocycles. The molecule has 160 valence electrons. The predicted octanol–water partition coefficient (Wildman–Crippen LogP) is 1.01. The van der Waals surface area contributed by atoms with E-state index in [1.54, 1.807) is 11.0 Å². The van der Waals surface area contributed by atoms with Gasteiger partial charge in [-0.05, 0) is 36.7 Å². The van der Waals surface area contributed by atoms with Crippen molar-refractivity contribution in [2.24, 2.45) is 0 Å². The number of thiocarbonyl (C=S) groups is 1. The molecular formula is C21H25N3O5S. The Morgan fingerprint density at radius 2 is 2.13 bits per heavy atom. The first kappa shape index (κ1) is 21.9. The van der Waals surface area contributed by atoms with Crippen molar-refractivity contribution >= 4 is 41.2 Å². The molecule has 0 aliphatic carbocycles. The molecule has 2 N–H and O–H groups in total. The van der Waals surface area contributed by atoms with E-state index >= 15 is 0 Å². The van der Waals surface area contributed by atoms with Crippen molar-refractivity contribution in [3.63, 3.8) is 0 Å². The molecule has 2 fully saturated rings. The van der Waals surface area contributed by atoms with Gasteiger partial charge in [-0.3, -0.25) is 19.7 Å². The normalized spacial score (nSPS) is 21.3. The predicted molar refractivity (Wildman–Crippen MR) is 114 cm³/mol. The molecular weight excluding hydrogens is 406 g/mol. The SMILES string of the molecule is O=C(C=Cc1ccccc1)NC(=S)N1CCNC(=O)C1CC(=O)OCC1CCCO1. The minimum atomic E-state index is -0.832. The van der Waals surface area contributed by atoms with Crippen LogP contribution in [0.2, 0.25) is 0 Å². The fourth-order valence-corrected chi connectivity index (χ4v) is 3.61. The maximum atomic E-state index is 12.3. The van der Waals surface area contributed by atoms with E-state index in [9.17, 15) is 14.4 Å². The van der Waals surface area contributed by atoms with E-state index in [0.717, 1.165) is 18.4 Å². The molecule has 2 aliphatic rings. The highest BCUT2D eigenvalue weighted by Crippen LogP contribution is 2.14. The van der Waals surface area contributed by atoms with Gasteiger partial charge in [0.2, 0.25) is 11.8 Å². The molecule has 2 unspecified atom stereocenters. The zero-order chi connectivity index (χ0) is 21.3. The number of carbonyl (C=O) groups is 3. The summed E-state index contributed by atoms with van der Waals surface area (Å²) in [5, 5.41) is 5.42. The van der Waals surface area contributed by atoms with Crippen LogP contribution in [0, 0.1) is 0 Å². The van der Waals surface area contributed by atoms with Crippen LogP contribution in [0.3, 0.4) is 0 Å². The molecule has 0 saturated carbocycles. The van der Waals surface area contributed by atoms with E-state index in [1.807, 2.05) is 30.3 Å². The number of amides is 2. The highest BCUT2D eigenvalue weighted by Gasteiger charge is 2.34. The van der Waals surface area contributed by atoms with Gasteiger partial charge in [0.1, 0.15) is 12.6 Å². The lowest BCUT2D eigenvalue weighted by atomic mass is 10.1. The van der Waals surface area contributed by atoms with Crippen LogP contribution in [0.5, 0.6) is 0 Å². The number of benzene rings is 1. The summed E-state index contributed by atoms with van der Waals surface area (Å²) in [5.41, 5.74) is 0.878. The van der Waals surface area contributed by atoms with Gasteiger partial charge in [-0.15, -0.1) is 0 Å². The Bertz CT molecular complexity index is 808. The first-order valence-electron chi connectivity index (χ1n) is 9.92. The number of carbonyl (C=O) groups excluding carboxylic acids is 3. The Balaban J connectivity index is 1.54. The second kappa shape index (κ2) is 10.8. The maximum Gasteiger partial charge on any atom is 0.308 e. The number of nitrogens with one attached hydrogen (secondary N) is 2. The second-order valence-electron chi connectivity index (χ2n) is 7.06. The largest absolute Gasteiger partial charge is 0.463 e. The standard InChI is InChI=1S/C21H25N3O5S/c25-18(9-8-15-5-2-1-3-6-15)23-21(30)24-11-10-22-20(27)17(24)13-19(26)29-14-16-7-4-12-28-16/h1-3,5-6,8-9,16-17H,4,7,10-14H2,(H,22,27)(H,23,25,30). The third-order valence-electron chi connectivity index (χ3n) is 4.86. The highest BCUT2D eigenvalue weighted by atomic mass is 32.1. The zero-order valence-corrected chi connectivity index (χ0v) is 17.4. The van der Waals surface area contributed by atoms with Crippen LogP contribution >= 0.6 is 12.2 Å². The zero-order valence-electron chi connectivity index (χ0n) is 16.5. The summed E-state index contributed by atoms with van der Waals surface area (Å²) in [6, 6.07) is 8.54. The van der Waals surface area contributed by atoms with Crippen molar-refractivity contribution in [1.82, 2.24) is 15.5 Å². The van der Waals surface area contributed by atoms with Crippen LogP contribution in [0.25, 0.3) is 6.08 Å². The van der Waals surface area contributed by atoms with Crippen LogP contribution in [0.1, 0.15) is 24.8 Å². The maximum absolute atomic E-state index is 12.3. The van der Waals surface area contributed by atoms with Crippen molar-refractivity contribution in [3.8, 4) is 0 Å². The lowest BCUT2D eigenvalue weighted by Crippen LogP contribution is -2.60. The van der Waals surface area contributed by atoms with E-state index in [4.69, 9.17) is 21.7 Å². The monoisotopic (exact) mass is 431 g/mol. The number of rotatable bonds is 6. The molecule has 2 atom stereocenters. The number of piperazine rings is 1. The first-order chi connectivity index (χ1) is 14.5. The highest BCUT2D eigenvalue weighted by molar-refractivity contribution is 7.80. The number of hydrogen-bond donors (Lipinski definition) is 2. The van der Waals surface area contributed by atoms with E-state index < -0.39 is 17.9 Å². The van der Waals surface area contributed by atoms with Crippen molar-refractivity contribution in [3.05, 3.63) is 42.0 Å². The molecule has 0 aromatic heterocycles. The first-order valence-corrected chi connectivity index (χ1v) is 10.3. The van der Waals surface area contributed by atoms with Crippen LogP contribution in [-0.2, 0) is 23.9 Å². The minimum absolute atomic E-state index is 0.0815. The summed E-state index contributed by atoms with van der Waals surface area (Å²) in [5.74, 6) is -1.24. The summed E-state index contributed by atoms with van der Waals surface area (Å²) in [7, 11) is 0. The van der Waals surface area contributed by atoms with Gasteiger partial charge >= 0.3 is 5.97 Å². The van der Waals surface area contributed by atoms with Gasteiger partial charge in [0.15, 0.2) is 5.11 Å². The molecule has 0 radical (unpaired) electrons. The Hall–Kier alpha value is -2.78. The van der Waals surface area contributed by atoms with Gasteiger partial charge < -0.3 is 19.7 Å². The molecule has 2 aliphatic heterocycles. The van der Waals surface area contributed by atoms with Gasteiger partial charge in [0.25, 0.3) is 0 Å². The molecule has 0 spiro atoms. The van der Waals surface area contributed by atoms with Crippen LogP contribution in [0.4, 0.5) is 0 Å².